The first kappa shape index (κ1) is 11.6. The highest BCUT2D eigenvalue weighted by Crippen LogP contribution is 2.20. The predicted molar refractivity (Wildman–Crippen MR) is 62.8 cm³/mol. The van der Waals surface area contributed by atoms with Crippen molar-refractivity contribution >= 4 is 23.2 Å². The summed E-state index contributed by atoms with van der Waals surface area (Å²) in [4.78, 5) is 15.6. The van der Waals surface area contributed by atoms with E-state index in [0.717, 1.165) is 0 Å². The first-order valence-corrected chi connectivity index (χ1v) is 5.36. The van der Waals surface area contributed by atoms with Gasteiger partial charge in [0.15, 0.2) is 5.82 Å². The minimum atomic E-state index is -0.248. The minimum absolute atomic E-state index is 0.0338. The Balaban J connectivity index is 2.01. The lowest BCUT2D eigenvalue weighted by Crippen LogP contribution is -2.14. The van der Waals surface area contributed by atoms with Crippen molar-refractivity contribution in [2.24, 2.45) is 0 Å². The Bertz CT molecular complexity index is 539. The van der Waals surface area contributed by atoms with Gasteiger partial charge in [-0.3, -0.25) is 4.79 Å². The molecule has 1 heterocycles. The van der Waals surface area contributed by atoms with Crippen molar-refractivity contribution in [2.45, 2.75) is 13.3 Å². The Morgan fingerprint density at radius 3 is 2.88 bits per heavy atom. The summed E-state index contributed by atoms with van der Waals surface area (Å²) in [5.74, 6) is 0.541. The van der Waals surface area contributed by atoms with Crippen molar-refractivity contribution in [1.29, 1.82) is 0 Å². The topological polar surface area (TPSA) is 68.0 Å². The van der Waals surface area contributed by atoms with Gasteiger partial charge in [-0.05, 0) is 19.1 Å². The molecule has 0 bridgehead atoms. The number of carbonyl (C=O) groups excluding carboxylic acids is 1. The van der Waals surface area contributed by atoms with Gasteiger partial charge >= 0.3 is 0 Å². The molecule has 0 aliphatic rings. The maximum absolute atomic E-state index is 11.6. The van der Waals surface area contributed by atoms with Crippen LogP contribution in [0.2, 0.25) is 5.02 Å². The van der Waals surface area contributed by atoms with Gasteiger partial charge in [0.2, 0.25) is 11.8 Å². The van der Waals surface area contributed by atoms with Gasteiger partial charge < -0.3 is 9.84 Å². The highest BCUT2D eigenvalue weighted by atomic mass is 35.5. The molecule has 2 aromatic rings. The van der Waals surface area contributed by atoms with E-state index in [4.69, 9.17) is 16.1 Å². The molecule has 0 aliphatic carbocycles. The molecule has 1 aromatic carbocycles. The molecule has 0 unspecified atom stereocenters. The van der Waals surface area contributed by atoms with Crippen LogP contribution in [0.1, 0.15) is 11.7 Å². The maximum Gasteiger partial charge on any atom is 0.236 e. The molecule has 88 valence electrons. The molecule has 0 spiro atoms. The largest absolute Gasteiger partial charge is 0.339 e. The lowest BCUT2D eigenvalue weighted by Gasteiger charge is -2.04. The van der Waals surface area contributed by atoms with E-state index < -0.39 is 0 Å². The fourth-order valence-corrected chi connectivity index (χ4v) is 1.49. The SMILES string of the molecule is Cc1noc(CC(=O)Nc2ccccc2Cl)n1. The molecule has 1 N–H and O–H groups in total. The molecule has 17 heavy (non-hydrogen) atoms. The zero-order valence-corrected chi connectivity index (χ0v) is 9.86. The number of benzene rings is 1. The average Bonchev–Trinajstić information content (AvgIpc) is 2.67. The fourth-order valence-electron chi connectivity index (χ4n) is 1.31. The van der Waals surface area contributed by atoms with Gasteiger partial charge in [0.05, 0.1) is 10.7 Å². The summed E-state index contributed by atoms with van der Waals surface area (Å²) < 4.78 is 4.85. The highest BCUT2D eigenvalue weighted by Gasteiger charge is 2.10. The summed E-state index contributed by atoms with van der Waals surface area (Å²) in [7, 11) is 0. The summed E-state index contributed by atoms with van der Waals surface area (Å²) in [6.07, 6.45) is 0.0338. The van der Waals surface area contributed by atoms with E-state index in [0.29, 0.717) is 16.5 Å². The monoisotopic (exact) mass is 251 g/mol. The number of anilines is 1. The van der Waals surface area contributed by atoms with Crippen LogP contribution in [0.3, 0.4) is 0 Å². The van der Waals surface area contributed by atoms with Crippen molar-refractivity contribution in [3.05, 3.63) is 41.0 Å². The van der Waals surface area contributed by atoms with Gasteiger partial charge in [0.1, 0.15) is 6.42 Å². The molecule has 2 rings (SSSR count). The number of hydrogen-bond acceptors (Lipinski definition) is 4. The maximum atomic E-state index is 11.6. The summed E-state index contributed by atoms with van der Waals surface area (Å²) in [6, 6.07) is 7.00. The number of aromatic nitrogens is 2. The van der Waals surface area contributed by atoms with Crippen LogP contribution in [0, 0.1) is 6.92 Å². The molecular formula is C11H10ClN3O2. The number of carbonyl (C=O) groups is 1. The van der Waals surface area contributed by atoms with Gasteiger partial charge in [0.25, 0.3) is 0 Å². The number of para-hydroxylation sites is 1. The zero-order chi connectivity index (χ0) is 12.3. The molecule has 1 amide bonds. The van der Waals surface area contributed by atoms with E-state index >= 15 is 0 Å². The lowest BCUT2D eigenvalue weighted by molar-refractivity contribution is -0.115. The van der Waals surface area contributed by atoms with Crippen LogP contribution in [0.5, 0.6) is 0 Å². The number of nitrogens with zero attached hydrogens (tertiary/aromatic N) is 2. The van der Waals surface area contributed by atoms with E-state index in [1.807, 2.05) is 0 Å². The number of amides is 1. The van der Waals surface area contributed by atoms with Gasteiger partial charge in [-0.25, -0.2) is 0 Å². The molecule has 0 aliphatic heterocycles. The fraction of sp³-hybridized carbons (Fsp3) is 0.182. The normalized spacial score (nSPS) is 10.2. The molecule has 6 heteroatoms. The Morgan fingerprint density at radius 1 is 1.47 bits per heavy atom. The van der Waals surface area contributed by atoms with Crippen LogP contribution in [0.4, 0.5) is 5.69 Å². The van der Waals surface area contributed by atoms with Gasteiger partial charge in [-0.2, -0.15) is 4.98 Å². The van der Waals surface area contributed by atoms with Crippen LogP contribution >= 0.6 is 11.6 Å². The second kappa shape index (κ2) is 4.97. The molecule has 0 fully saturated rings. The quantitative estimate of drug-likeness (QED) is 0.908. The van der Waals surface area contributed by atoms with Crippen LogP contribution < -0.4 is 5.32 Å². The third-order valence-electron chi connectivity index (χ3n) is 2.03. The molecule has 0 radical (unpaired) electrons. The lowest BCUT2D eigenvalue weighted by atomic mass is 10.3. The molecule has 0 saturated carbocycles. The summed E-state index contributed by atoms with van der Waals surface area (Å²) >= 11 is 5.91. The van der Waals surface area contributed by atoms with Crippen molar-refractivity contribution in [1.82, 2.24) is 10.1 Å². The van der Waals surface area contributed by atoms with Gasteiger partial charge in [0, 0.05) is 0 Å². The predicted octanol–water partition coefficient (Wildman–Crippen LogP) is 2.21. The van der Waals surface area contributed by atoms with Crippen molar-refractivity contribution < 1.29 is 9.32 Å². The third kappa shape index (κ3) is 3.04. The van der Waals surface area contributed by atoms with Crippen molar-refractivity contribution in [3.63, 3.8) is 0 Å². The van der Waals surface area contributed by atoms with E-state index in [1.165, 1.54) is 0 Å². The molecule has 0 saturated heterocycles. The Morgan fingerprint density at radius 2 is 2.24 bits per heavy atom. The molecule has 1 aromatic heterocycles. The van der Waals surface area contributed by atoms with Crippen LogP contribution in [-0.4, -0.2) is 16.0 Å². The minimum Gasteiger partial charge on any atom is -0.339 e. The number of halogens is 1. The van der Waals surface area contributed by atoms with Crippen molar-refractivity contribution in [2.75, 3.05) is 5.32 Å². The number of hydrogen-bond donors (Lipinski definition) is 1. The molecule has 5 nitrogen and oxygen atoms in total. The standard InChI is InChI=1S/C11H10ClN3O2/c1-7-13-11(17-15-7)6-10(16)14-9-5-3-2-4-8(9)12/h2-5H,6H2,1H3,(H,14,16). The van der Waals surface area contributed by atoms with E-state index in [2.05, 4.69) is 15.5 Å². The second-order valence-corrected chi connectivity index (χ2v) is 3.85. The van der Waals surface area contributed by atoms with E-state index in [-0.39, 0.29) is 18.2 Å². The molecular weight excluding hydrogens is 242 g/mol. The second-order valence-electron chi connectivity index (χ2n) is 3.44. The van der Waals surface area contributed by atoms with E-state index in [1.54, 1.807) is 31.2 Å². The first-order chi connectivity index (χ1) is 8.15. The Kier molecular flexibility index (Phi) is 3.39. The van der Waals surface area contributed by atoms with Crippen molar-refractivity contribution in [3.8, 4) is 0 Å². The average molecular weight is 252 g/mol. The van der Waals surface area contributed by atoms with Gasteiger partial charge in [-0.15, -0.1) is 0 Å². The molecule has 0 atom stereocenters. The summed E-state index contributed by atoms with van der Waals surface area (Å²) in [5.41, 5.74) is 0.565. The summed E-state index contributed by atoms with van der Waals surface area (Å²) in [5, 5.41) is 6.76. The van der Waals surface area contributed by atoms with Crippen LogP contribution in [0.25, 0.3) is 0 Å². The van der Waals surface area contributed by atoms with Crippen LogP contribution in [-0.2, 0) is 11.2 Å². The third-order valence-corrected chi connectivity index (χ3v) is 2.36. The van der Waals surface area contributed by atoms with Gasteiger partial charge in [-0.1, -0.05) is 28.9 Å². The highest BCUT2D eigenvalue weighted by molar-refractivity contribution is 6.33. The van der Waals surface area contributed by atoms with E-state index in [9.17, 15) is 4.79 Å². The first-order valence-electron chi connectivity index (χ1n) is 4.99. The zero-order valence-electron chi connectivity index (χ0n) is 9.11. The smallest absolute Gasteiger partial charge is 0.236 e. The van der Waals surface area contributed by atoms with Crippen LogP contribution in [0.15, 0.2) is 28.8 Å². The Labute approximate surface area is 103 Å². The number of nitrogens with one attached hydrogen (secondary N) is 1. The summed E-state index contributed by atoms with van der Waals surface area (Å²) in [6.45, 7) is 1.69. The number of rotatable bonds is 3. The Hall–Kier alpha value is -1.88. The number of aryl methyl sites for hydroxylation is 1.